The van der Waals surface area contributed by atoms with Gasteiger partial charge in [-0.05, 0) is 0 Å². The van der Waals surface area contributed by atoms with Gasteiger partial charge in [0.15, 0.2) is 0 Å². The van der Waals surface area contributed by atoms with Crippen LogP contribution in [0.5, 0.6) is 0 Å². The second kappa shape index (κ2) is 8.59. The van der Waals surface area contributed by atoms with Crippen molar-refractivity contribution in [3.8, 4) is 0 Å². The molecule has 0 N–H and O–H groups in total. The molecule has 0 bridgehead atoms. The lowest BCUT2D eigenvalue weighted by Gasteiger charge is -2.02. The molecule has 0 saturated carbocycles. The molecular formula is C6H10F2S4. The van der Waals surface area contributed by atoms with E-state index in [-0.39, 0.29) is 13.3 Å². The van der Waals surface area contributed by atoms with Crippen LogP contribution < -0.4 is 0 Å². The normalized spacial score (nSPS) is 13.0. The Hall–Kier alpha value is 1.000. The predicted octanol–water partition coefficient (Wildman–Crippen LogP) is 3.38. The van der Waals surface area contributed by atoms with Gasteiger partial charge in [0.25, 0.3) is 0 Å². The molecule has 6 heteroatoms. The Bertz CT molecular complexity index is 132. The van der Waals surface area contributed by atoms with Gasteiger partial charge in [0.2, 0.25) is 0 Å². The summed E-state index contributed by atoms with van der Waals surface area (Å²) >= 11 is 10.7. The van der Waals surface area contributed by atoms with Crippen molar-refractivity contribution in [2.45, 2.75) is 0 Å². The molecule has 0 rings (SSSR count). The van der Waals surface area contributed by atoms with Crippen LogP contribution in [-0.2, 0) is 0 Å². The van der Waals surface area contributed by atoms with Gasteiger partial charge >= 0.3 is 0 Å². The predicted molar refractivity (Wildman–Crippen MR) is 61.9 cm³/mol. The highest BCUT2D eigenvalue weighted by Gasteiger charge is 2.00. The van der Waals surface area contributed by atoms with E-state index in [9.17, 15) is 8.78 Å². The molecule has 0 aliphatic carbocycles. The van der Waals surface area contributed by atoms with Crippen LogP contribution in [0.2, 0.25) is 0 Å². The fourth-order valence-corrected chi connectivity index (χ4v) is 2.47. The number of hydrogen-bond acceptors (Lipinski definition) is 4. The van der Waals surface area contributed by atoms with E-state index in [0.717, 1.165) is 0 Å². The average molecular weight is 248 g/mol. The Kier molecular flexibility index (Phi) is 9.31. The molecule has 0 heterocycles. The summed E-state index contributed by atoms with van der Waals surface area (Å²) in [6.45, 7) is -0.771. The van der Waals surface area contributed by atoms with Crippen LogP contribution in [0.1, 0.15) is 0 Å². The van der Waals surface area contributed by atoms with Gasteiger partial charge in [-0.15, -0.1) is 48.8 Å². The number of thioether (sulfide) groups is 2. The van der Waals surface area contributed by atoms with Crippen molar-refractivity contribution in [1.29, 1.82) is 0 Å². The summed E-state index contributed by atoms with van der Waals surface area (Å²) in [7, 11) is 0. The number of thiol groups is 2. The number of rotatable bonds is 6. The highest BCUT2D eigenvalue weighted by atomic mass is 32.2. The molecule has 12 heavy (non-hydrogen) atoms. The molecule has 0 aliphatic heterocycles. The molecule has 0 atom stereocenters. The van der Waals surface area contributed by atoms with Crippen molar-refractivity contribution in [1.82, 2.24) is 0 Å². The van der Waals surface area contributed by atoms with Gasteiger partial charge < -0.3 is 0 Å². The molecule has 0 radical (unpaired) electrons. The Morgan fingerprint density at radius 1 is 0.917 bits per heavy atom. The maximum atomic E-state index is 11.7. The Balaban J connectivity index is 3.72. The minimum atomic E-state index is -0.385. The fraction of sp³-hybridized carbons (Fsp3) is 0.667. The molecule has 0 aromatic rings. The average Bonchev–Trinajstić information content (AvgIpc) is 2.10. The van der Waals surface area contributed by atoms with Crippen LogP contribution in [-0.4, -0.2) is 24.9 Å². The lowest BCUT2D eigenvalue weighted by molar-refractivity contribution is 0.532. The van der Waals surface area contributed by atoms with Crippen molar-refractivity contribution in [2.75, 3.05) is 24.9 Å². The third-order valence-electron chi connectivity index (χ3n) is 0.815. The number of halogens is 2. The summed E-state index contributed by atoms with van der Waals surface area (Å²) in [4.78, 5) is 0. The topological polar surface area (TPSA) is 0 Å². The van der Waals surface area contributed by atoms with Crippen LogP contribution in [0, 0.1) is 0 Å². The van der Waals surface area contributed by atoms with E-state index < -0.39 is 0 Å². The van der Waals surface area contributed by atoms with Crippen molar-refractivity contribution < 1.29 is 8.78 Å². The van der Waals surface area contributed by atoms with Gasteiger partial charge in [-0.1, -0.05) is 0 Å². The number of alkyl halides is 2. The minimum Gasteiger partial charge on any atom is -0.250 e. The first kappa shape index (κ1) is 13.0. The summed E-state index contributed by atoms with van der Waals surface area (Å²) in [6.07, 6.45) is 0. The van der Waals surface area contributed by atoms with Crippen LogP contribution in [0.3, 0.4) is 0 Å². The van der Waals surface area contributed by atoms with Crippen molar-refractivity contribution in [3.63, 3.8) is 0 Å². The molecule has 0 aromatic carbocycles. The largest absolute Gasteiger partial charge is 0.250 e. The van der Waals surface area contributed by atoms with Crippen LogP contribution in [0.25, 0.3) is 0 Å². The van der Waals surface area contributed by atoms with E-state index in [2.05, 4.69) is 25.3 Å². The molecule has 0 aromatic heterocycles. The SMILES string of the molecule is FCCS/C(S)=C(/S)SCCF. The zero-order chi connectivity index (χ0) is 9.40. The van der Waals surface area contributed by atoms with E-state index in [1.807, 2.05) is 0 Å². The summed E-state index contributed by atoms with van der Waals surface area (Å²) in [5.41, 5.74) is 0. The molecule has 0 saturated heterocycles. The number of hydrogen-bond donors (Lipinski definition) is 2. The molecule has 0 aliphatic rings. The zero-order valence-corrected chi connectivity index (χ0v) is 9.72. The second-order valence-corrected chi connectivity index (χ2v) is 5.40. The van der Waals surface area contributed by atoms with Crippen LogP contribution in [0.4, 0.5) is 8.78 Å². The summed E-state index contributed by atoms with van der Waals surface area (Å²) in [6, 6.07) is 0. The maximum Gasteiger partial charge on any atom is 0.0988 e. The third kappa shape index (κ3) is 6.51. The van der Waals surface area contributed by atoms with E-state index in [0.29, 0.717) is 20.0 Å². The second-order valence-electron chi connectivity index (χ2n) is 1.69. The monoisotopic (exact) mass is 248 g/mol. The van der Waals surface area contributed by atoms with Gasteiger partial charge in [0.05, 0.1) is 21.8 Å². The molecule has 0 fully saturated rings. The standard InChI is InChI=1S/C6H10F2S4/c7-1-3-11-5(9)6(10)12-4-2-8/h9-10H,1-4H2/b6-5-. The fourth-order valence-electron chi connectivity index (χ4n) is 0.394. The Morgan fingerprint density at radius 2 is 1.25 bits per heavy atom. The van der Waals surface area contributed by atoms with Gasteiger partial charge in [0.1, 0.15) is 0 Å². The van der Waals surface area contributed by atoms with Gasteiger partial charge in [-0.25, -0.2) is 0 Å². The Labute approximate surface area is 90.8 Å². The summed E-state index contributed by atoms with van der Waals surface area (Å²) < 4.78 is 24.7. The lowest BCUT2D eigenvalue weighted by atomic mass is 10.9. The van der Waals surface area contributed by atoms with Gasteiger partial charge in [0, 0.05) is 11.5 Å². The first-order valence-corrected chi connectivity index (χ1v) is 6.08. The highest BCUT2D eigenvalue weighted by Crippen LogP contribution is 2.32. The Morgan fingerprint density at radius 3 is 1.50 bits per heavy atom. The van der Waals surface area contributed by atoms with Crippen molar-refractivity contribution in [2.24, 2.45) is 0 Å². The van der Waals surface area contributed by atoms with Crippen LogP contribution >= 0.6 is 48.8 Å². The minimum absolute atomic E-state index is 0.374. The molecule has 0 amide bonds. The van der Waals surface area contributed by atoms with Crippen LogP contribution in [0.15, 0.2) is 8.47 Å². The molecule has 0 unspecified atom stereocenters. The lowest BCUT2D eigenvalue weighted by Crippen LogP contribution is -1.82. The van der Waals surface area contributed by atoms with E-state index >= 15 is 0 Å². The maximum absolute atomic E-state index is 11.7. The smallest absolute Gasteiger partial charge is 0.0988 e. The van der Waals surface area contributed by atoms with Gasteiger partial charge in [-0.3, -0.25) is 8.78 Å². The molecule has 0 spiro atoms. The highest BCUT2D eigenvalue weighted by molar-refractivity contribution is 8.21. The zero-order valence-electron chi connectivity index (χ0n) is 6.30. The summed E-state index contributed by atoms with van der Waals surface area (Å²) in [5.74, 6) is 0.748. The van der Waals surface area contributed by atoms with Gasteiger partial charge in [-0.2, -0.15) is 0 Å². The van der Waals surface area contributed by atoms with E-state index in [1.165, 1.54) is 23.5 Å². The summed E-state index contributed by atoms with van der Waals surface area (Å²) in [5, 5.41) is 0. The van der Waals surface area contributed by atoms with E-state index in [1.54, 1.807) is 0 Å². The van der Waals surface area contributed by atoms with Crippen molar-refractivity contribution >= 4 is 48.8 Å². The first-order valence-electron chi connectivity index (χ1n) is 3.22. The van der Waals surface area contributed by atoms with E-state index in [4.69, 9.17) is 0 Å². The van der Waals surface area contributed by atoms with Crippen molar-refractivity contribution in [3.05, 3.63) is 8.47 Å². The molecule has 0 nitrogen and oxygen atoms in total. The third-order valence-corrected chi connectivity index (χ3v) is 4.32. The first-order chi connectivity index (χ1) is 5.72. The quantitative estimate of drug-likeness (QED) is 0.692. The molecular weight excluding hydrogens is 238 g/mol. The molecule has 72 valence electrons.